The molecule has 1 aromatic heterocycles. The smallest absolute Gasteiger partial charge is 0.193 e. The summed E-state index contributed by atoms with van der Waals surface area (Å²) in [6.45, 7) is 8.76. The van der Waals surface area contributed by atoms with Gasteiger partial charge in [-0.1, -0.05) is 24.3 Å². The van der Waals surface area contributed by atoms with Crippen molar-refractivity contribution in [1.82, 2.24) is 24.9 Å². The van der Waals surface area contributed by atoms with Crippen molar-refractivity contribution in [2.24, 2.45) is 12.0 Å². The average Bonchev–Trinajstić information content (AvgIpc) is 3.38. The lowest BCUT2D eigenvalue weighted by Crippen LogP contribution is -2.40. The van der Waals surface area contributed by atoms with Gasteiger partial charge >= 0.3 is 0 Å². The van der Waals surface area contributed by atoms with Crippen LogP contribution in [0.5, 0.6) is 0 Å². The maximum absolute atomic E-state index is 5.66. The minimum Gasteiger partial charge on any atom is -0.376 e. The number of aliphatic imine (C=N–C) groups is 1. The molecular formula is C23H35IN6O. The first-order chi connectivity index (χ1) is 14.6. The molecule has 0 saturated carbocycles. The first-order valence-corrected chi connectivity index (χ1v) is 11.0. The summed E-state index contributed by atoms with van der Waals surface area (Å²) in [5, 5.41) is 7.89. The Bertz CT molecular complexity index is 869. The van der Waals surface area contributed by atoms with Gasteiger partial charge in [0.2, 0.25) is 0 Å². The molecule has 8 heteroatoms. The molecule has 2 aromatic rings. The number of morpholine rings is 1. The summed E-state index contributed by atoms with van der Waals surface area (Å²) in [4.78, 5) is 9.36. The van der Waals surface area contributed by atoms with E-state index in [1.54, 1.807) is 0 Å². The number of aryl methyl sites for hydroxylation is 1. The zero-order chi connectivity index (χ0) is 20.9. The van der Waals surface area contributed by atoms with Crippen LogP contribution in [0.15, 0.2) is 41.7 Å². The normalized spacial score (nSPS) is 22.4. The van der Waals surface area contributed by atoms with Crippen LogP contribution in [-0.4, -0.2) is 71.5 Å². The third-order valence-corrected chi connectivity index (χ3v) is 6.07. The van der Waals surface area contributed by atoms with E-state index in [2.05, 4.69) is 62.6 Å². The van der Waals surface area contributed by atoms with Gasteiger partial charge in [-0.25, -0.2) is 0 Å². The number of likely N-dealkylation sites (tertiary alicyclic amines) is 1. The van der Waals surface area contributed by atoms with Crippen molar-refractivity contribution < 1.29 is 4.74 Å². The Morgan fingerprint density at radius 2 is 2.10 bits per heavy atom. The van der Waals surface area contributed by atoms with Crippen molar-refractivity contribution in [3.8, 4) is 0 Å². The van der Waals surface area contributed by atoms with Crippen LogP contribution >= 0.6 is 24.0 Å². The number of nitrogens with one attached hydrogen (secondary N) is 1. The molecule has 0 radical (unpaired) electrons. The fourth-order valence-electron chi connectivity index (χ4n) is 4.52. The number of aromatic nitrogens is 2. The van der Waals surface area contributed by atoms with Crippen LogP contribution in [0.25, 0.3) is 0 Å². The summed E-state index contributed by atoms with van der Waals surface area (Å²) in [6, 6.07) is 8.88. The largest absolute Gasteiger partial charge is 0.376 e. The monoisotopic (exact) mass is 538 g/mol. The molecule has 2 atom stereocenters. The fraction of sp³-hybridized carbons (Fsp3) is 0.565. The molecule has 31 heavy (non-hydrogen) atoms. The van der Waals surface area contributed by atoms with Gasteiger partial charge in [0.1, 0.15) is 0 Å². The molecule has 0 spiro atoms. The quantitative estimate of drug-likeness (QED) is 0.361. The second kappa shape index (κ2) is 11.3. The van der Waals surface area contributed by atoms with Crippen molar-refractivity contribution >= 4 is 29.9 Å². The highest BCUT2D eigenvalue weighted by Crippen LogP contribution is 2.26. The molecule has 2 aliphatic rings. The molecule has 2 unspecified atom stereocenters. The Kier molecular flexibility index (Phi) is 8.74. The van der Waals surface area contributed by atoms with Gasteiger partial charge in [0.15, 0.2) is 5.96 Å². The van der Waals surface area contributed by atoms with E-state index in [0.29, 0.717) is 12.0 Å². The van der Waals surface area contributed by atoms with Crippen molar-refractivity contribution in [2.75, 3.05) is 39.8 Å². The van der Waals surface area contributed by atoms with Crippen LogP contribution in [-0.2, 0) is 24.9 Å². The maximum Gasteiger partial charge on any atom is 0.193 e. The molecule has 7 nitrogen and oxygen atoms in total. The summed E-state index contributed by atoms with van der Waals surface area (Å²) in [6.07, 6.45) is 5.58. The minimum absolute atomic E-state index is 0. The highest BCUT2D eigenvalue weighted by Gasteiger charge is 2.26. The summed E-state index contributed by atoms with van der Waals surface area (Å²) in [7, 11) is 3.85. The van der Waals surface area contributed by atoms with Crippen molar-refractivity contribution in [2.45, 2.75) is 38.5 Å². The topological polar surface area (TPSA) is 57.9 Å². The second-order valence-corrected chi connectivity index (χ2v) is 8.52. The van der Waals surface area contributed by atoms with E-state index < -0.39 is 0 Å². The number of hydrogen-bond acceptors (Lipinski definition) is 4. The minimum atomic E-state index is 0. The van der Waals surface area contributed by atoms with E-state index in [0.717, 1.165) is 58.3 Å². The first-order valence-electron chi connectivity index (χ1n) is 11.0. The molecule has 3 heterocycles. The van der Waals surface area contributed by atoms with E-state index in [1.165, 1.54) is 16.7 Å². The second-order valence-electron chi connectivity index (χ2n) is 8.52. The third kappa shape index (κ3) is 6.43. The molecular weight excluding hydrogens is 503 g/mol. The van der Waals surface area contributed by atoms with Gasteiger partial charge in [0, 0.05) is 65.5 Å². The zero-order valence-electron chi connectivity index (χ0n) is 18.8. The Hall–Kier alpha value is -1.65. The average molecular weight is 538 g/mol. The number of rotatable bonds is 5. The number of ether oxygens (including phenoxy) is 1. The van der Waals surface area contributed by atoms with E-state index in [1.807, 2.05) is 25.0 Å². The fourth-order valence-corrected chi connectivity index (χ4v) is 4.52. The Morgan fingerprint density at radius 1 is 1.26 bits per heavy atom. The molecule has 2 fully saturated rings. The number of benzene rings is 1. The molecule has 0 amide bonds. The Morgan fingerprint density at radius 3 is 2.84 bits per heavy atom. The molecule has 2 aliphatic heterocycles. The molecule has 4 rings (SSSR count). The van der Waals surface area contributed by atoms with Crippen LogP contribution < -0.4 is 5.32 Å². The van der Waals surface area contributed by atoms with Crippen LogP contribution in [0.1, 0.15) is 36.0 Å². The number of halogens is 1. The zero-order valence-corrected chi connectivity index (χ0v) is 21.2. The number of guanidine groups is 1. The highest BCUT2D eigenvalue weighted by molar-refractivity contribution is 14.0. The maximum atomic E-state index is 5.66. The summed E-state index contributed by atoms with van der Waals surface area (Å²) in [5.74, 6) is 1.50. The van der Waals surface area contributed by atoms with Gasteiger partial charge in [0.25, 0.3) is 0 Å². The van der Waals surface area contributed by atoms with Crippen LogP contribution in [0.4, 0.5) is 0 Å². The van der Waals surface area contributed by atoms with E-state index in [9.17, 15) is 0 Å². The molecule has 1 aromatic carbocycles. The van der Waals surface area contributed by atoms with Crippen LogP contribution in [0, 0.1) is 0 Å². The third-order valence-electron chi connectivity index (χ3n) is 6.07. The summed E-state index contributed by atoms with van der Waals surface area (Å²) >= 11 is 0. The lowest BCUT2D eigenvalue weighted by atomic mass is 10.0. The lowest BCUT2D eigenvalue weighted by molar-refractivity contribution is -0.0212. The van der Waals surface area contributed by atoms with Crippen LogP contribution in [0.2, 0.25) is 0 Å². The van der Waals surface area contributed by atoms with Crippen molar-refractivity contribution in [1.29, 1.82) is 0 Å². The van der Waals surface area contributed by atoms with Crippen molar-refractivity contribution in [3.63, 3.8) is 0 Å². The van der Waals surface area contributed by atoms with Gasteiger partial charge in [-0.2, -0.15) is 5.10 Å². The molecule has 0 aliphatic carbocycles. The molecule has 2 saturated heterocycles. The van der Waals surface area contributed by atoms with Gasteiger partial charge in [-0.15, -0.1) is 24.0 Å². The van der Waals surface area contributed by atoms with E-state index in [-0.39, 0.29) is 24.0 Å². The van der Waals surface area contributed by atoms with Gasteiger partial charge in [-0.05, 0) is 30.0 Å². The predicted octanol–water partition coefficient (Wildman–Crippen LogP) is 2.82. The van der Waals surface area contributed by atoms with Gasteiger partial charge in [0.05, 0.1) is 18.9 Å². The van der Waals surface area contributed by atoms with E-state index in [4.69, 9.17) is 4.74 Å². The first kappa shape index (κ1) is 24.0. The van der Waals surface area contributed by atoms with E-state index >= 15 is 0 Å². The predicted molar refractivity (Wildman–Crippen MR) is 135 cm³/mol. The molecule has 1 N–H and O–H groups in total. The number of hydrogen-bond donors (Lipinski definition) is 1. The Labute approximate surface area is 202 Å². The highest BCUT2D eigenvalue weighted by atomic mass is 127. The number of nitrogens with zero attached hydrogens (tertiary/aromatic N) is 5. The standard InChI is InChI=1S/C23H34N6O.HI/c1-18-14-28(9-10-30-18)15-20-6-4-5-19(11-20)12-25-23(24-2)29-8-7-21(17-29)22-13-26-27(3)16-22;/h4-6,11,13,16,18,21H,7-10,12,14-15,17H2,1-3H3,(H,24,25);1H. The molecule has 0 bridgehead atoms. The lowest BCUT2D eigenvalue weighted by Gasteiger charge is -2.31. The SMILES string of the molecule is CN=C(NCc1cccc(CN2CCOC(C)C2)c1)N1CCC(c2cnn(C)c2)C1.I. The molecule has 170 valence electrons. The van der Waals surface area contributed by atoms with Gasteiger partial charge < -0.3 is 15.0 Å². The van der Waals surface area contributed by atoms with Crippen LogP contribution in [0.3, 0.4) is 0 Å². The summed E-state index contributed by atoms with van der Waals surface area (Å²) < 4.78 is 7.54. The van der Waals surface area contributed by atoms with Crippen molar-refractivity contribution in [3.05, 3.63) is 53.3 Å². The summed E-state index contributed by atoms with van der Waals surface area (Å²) in [5.41, 5.74) is 3.97. The Balaban J connectivity index is 0.00000272. The van der Waals surface area contributed by atoms with Gasteiger partial charge in [-0.3, -0.25) is 14.6 Å².